The van der Waals surface area contributed by atoms with E-state index < -0.39 is 0 Å². The maximum Gasteiger partial charge on any atom is 0.280 e. The summed E-state index contributed by atoms with van der Waals surface area (Å²) in [5, 5.41) is 1.33. The van der Waals surface area contributed by atoms with Gasteiger partial charge in [-0.1, -0.05) is 36.0 Å². The smallest absolute Gasteiger partial charge is 0.280 e. The van der Waals surface area contributed by atoms with Gasteiger partial charge in [0.15, 0.2) is 5.11 Å². The highest BCUT2D eigenvalue weighted by Crippen LogP contribution is 2.40. The van der Waals surface area contributed by atoms with Gasteiger partial charge in [0.25, 0.3) is 11.5 Å². The molecule has 0 spiro atoms. The van der Waals surface area contributed by atoms with E-state index in [2.05, 4.69) is 32.3 Å². The van der Waals surface area contributed by atoms with Crippen molar-refractivity contribution in [2.24, 2.45) is 0 Å². The number of thiazole rings is 1. The summed E-state index contributed by atoms with van der Waals surface area (Å²) in [7, 11) is 0. The number of amides is 1. The Morgan fingerprint density at radius 2 is 1.73 bits per heavy atom. The number of hydrogen-bond donors (Lipinski definition) is 0. The lowest BCUT2D eigenvalue weighted by atomic mass is 10.3. The van der Waals surface area contributed by atoms with Crippen LogP contribution in [0.1, 0.15) is 27.7 Å². The molecule has 0 unspecified atom stereocenters. The number of aromatic nitrogens is 1. The zero-order valence-electron chi connectivity index (χ0n) is 19.1. The van der Waals surface area contributed by atoms with Crippen LogP contribution in [-0.4, -0.2) is 38.5 Å². The molecule has 1 saturated heterocycles. The van der Waals surface area contributed by atoms with Gasteiger partial charge in [0.05, 0.1) is 0 Å². The van der Waals surface area contributed by atoms with Crippen molar-refractivity contribution in [2.45, 2.75) is 34.2 Å². The first-order valence-electron chi connectivity index (χ1n) is 10.8. The fourth-order valence-electron chi connectivity index (χ4n) is 3.99. The second kappa shape index (κ2) is 9.32. The third-order valence-electron chi connectivity index (χ3n) is 5.74. The summed E-state index contributed by atoms with van der Waals surface area (Å²) in [5.41, 5.74) is 2.24. The topological polar surface area (TPSA) is 48.8 Å². The van der Waals surface area contributed by atoms with Crippen LogP contribution in [0.15, 0.2) is 58.4 Å². The Hall–Kier alpha value is -2.62. The van der Waals surface area contributed by atoms with Crippen molar-refractivity contribution in [3.63, 3.8) is 0 Å². The Balaban J connectivity index is 2.10. The van der Waals surface area contributed by atoms with E-state index >= 15 is 0 Å². The Bertz CT molecular complexity index is 1350. The first-order chi connectivity index (χ1) is 15.8. The van der Waals surface area contributed by atoms with Gasteiger partial charge >= 0.3 is 0 Å². The van der Waals surface area contributed by atoms with Crippen molar-refractivity contribution >= 4 is 62.7 Å². The molecule has 2 aromatic rings. The van der Waals surface area contributed by atoms with Crippen molar-refractivity contribution in [3.05, 3.63) is 73.1 Å². The monoisotopic (exact) mass is 498 g/mol. The molecule has 1 aromatic carbocycles. The predicted molar refractivity (Wildman–Crippen MR) is 142 cm³/mol. The maximum atomic E-state index is 13.6. The largest absolute Gasteiger partial charge is 0.338 e. The number of hydrogen-bond acceptors (Lipinski definition) is 6. The molecule has 0 bridgehead atoms. The molecule has 1 fully saturated rings. The molecular formula is C24H26N4O2S3. The van der Waals surface area contributed by atoms with E-state index in [1.54, 1.807) is 32.2 Å². The molecule has 1 aromatic heterocycles. The van der Waals surface area contributed by atoms with Crippen LogP contribution in [0.25, 0.3) is 10.7 Å². The number of thiocarbonyl (C=S) groups is 1. The van der Waals surface area contributed by atoms with Gasteiger partial charge in [-0.25, -0.2) is 0 Å². The molecule has 0 saturated carbocycles. The molecular weight excluding hydrogens is 472 g/mol. The molecule has 2 aliphatic rings. The Kier molecular flexibility index (Phi) is 6.65. The van der Waals surface area contributed by atoms with Gasteiger partial charge in [0.2, 0.25) is 0 Å². The quantitative estimate of drug-likeness (QED) is 0.466. The summed E-state index contributed by atoms with van der Waals surface area (Å²) in [4.78, 5) is 33.9. The first-order valence-corrected chi connectivity index (χ1v) is 12.8. The number of benzene rings is 1. The molecule has 0 atom stereocenters. The van der Waals surface area contributed by atoms with E-state index in [1.165, 1.54) is 16.2 Å². The van der Waals surface area contributed by atoms with Crippen LogP contribution < -0.4 is 19.7 Å². The zero-order chi connectivity index (χ0) is 23.9. The molecule has 4 rings (SSSR count). The molecule has 0 radical (unpaired) electrons. The van der Waals surface area contributed by atoms with Crippen molar-refractivity contribution in [2.75, 3.05) is 18.0 Å². The summed E-state index contributed by atoms with van der Waals surface area (Å²) < 4.78 is 2.86. The average Bonchev–Trinajstić information content (AvgIpc) is 3.37. The molecule has 33 heavy (non-hydrogen) atoms. The van der Waals surface area contributed by atoms with Gasteiger partial charge in [-0.2, -0.15) is 0 Å². The normalized spacial score (nSPS) is 19.9. The van der Waals surface area contributed by atoms with Gasteiger partial charge in [-0.3, -0.25) is 24.0 Å². The SMILES string of the molecule is C=CCn1c(=C2C(=O)N(CC)C(=S)N2c2ccccc2)sc(=C2SC(C)=C(C)N2CC)c1=O. The molecule has 3 heterocycles. The van der Waals surface area contributed by atoms with E-state index in [4.69, 9.17) is 12.2 Å². The van der Waals surface area contributed by atoms with Crippen LogP contribution in [0.4, 0.5) is 5.69 Å². The van der Waals surface area contributed by atoms with Crippen LogP contribution in [0.5, 0.6) is 0 Å². The number of anilines is 1. The summed E-state index contributed by atoms with van der Waals surface area (Å²) in [6.45, 7) is 13.5. The molecule has 2 aliphatic heterocycles. The van der Waals surface area contributed by atoms with Crippen LogP contribution in [-0.2, 0) is 11.3 Å². The second-order valence-electron chi connectivity index (χ2n) is 7.59. The predicted octanol–water partition coefficient (Wildman–Crippen LogP) is 3.24. The van der Waals surface area contributed by atoms with Gasteiger partial charge in [0, 0.05) is 35.9 Å². The number of carbonyl (C=O) groups is 1. The number of para-hydroxylation sites is 1. The standard InChI is InChI=1S/C24H26N4O2S3/c1-6-14-27-21(30)19(23-25(7-2)15(4)16(5)32-23)33-22(27)18-20(29)26(8-3)24(31)28(18)17-12-10-9-11-13-17/h6,9-13H,1,7-8,14H2,2-5H3. The number of allylic oxidation sites excluding steroid dienone is 3. The summed E-state index contributed by atoms with van der Waals surface area (Å²) >= 11 is 8.66. The third-order valence-corrected chi connectivity index (χ3v) is 8.67. The zero-order valence-corrected chi connectivity index (χ0v) is 21.6. The van der Waals surface area contributed by atoms with Crippen molar-refractivity contribution in [1.29, 1.82) is 0 Å². The Labute approximate surface area is 206 Å². The van der Waals surface area contributed by atoms with E-state index in [9.17, 15) is 9.59 Å². The maximum absolute atomic E-state index is 13.6. The molecule has 6 nitrogen and oxygen atoms in total. The third kappa shape index (κ3) is 3.78. The van der Waals surface area contributed by atoms with Crippen molar-refractivity contribution in [1.82, 2.24) is 14.4 Å². The molecule has 172 valence electrons. The first kappa shape index (κ1) is 23.5. The number of rotatable bonds is 5. The van der Waals surface area contributed by atoms with Gasteiger partial charge in [-0.05, 0) is 52.0 Å². The number of nitrogens with zero attached hydrogens (tertiary/aromatic N) is 4. The lowest BCUT2D eigenvalue weighted by molar-refractivity contribution is -0.120. The number of likely N-dealkylation sites (N-methyl/N-ethyl adjacent to an activating group) is 1. The minimum atomic E-state index is -0.195. The summed E-state index contributed by atoms with van der Waals surface area (Å²) in [5.74, 6) is -0.195. The van der Waals surface area contributed by atoms with Crippen LogP contribution in [0.3, 0.4) is 0 Å². The molecule has 0 N–H and O–H groups in total. The Morgan fingerprint density at radius 1 is 1.06 bits per heavy atom. The highest BCUT2D eigenvalue weighted by molar-refractivity contribution is 8.11. The summed E-state index contributed by atoms with van der Waals surface area (Å²) in [6, 6.07) is 9.57. The van der Waals surface area contributed by atoms with Crippen molar-refractivity contribution < 1.29 is 4.79 Å². The lowest BCUT2D eigenvalue weighted by Crippen LogP contribution is -2.36. The Morgan fingerprint density at radius 3 is 2.33 bits per heavy atom. The molecule has 0 aliphatic carbocycles. The molecule has 9 heteroatoms. The summed E-state index contributed by atoms with van der Waals surface area (Å²) in [6.07, 6.45) is 1.68. The minimum absolute atomic E-state index is 0.118. The van der Waals surface area contributed by atoms with Gasteiger partial charge in [-0.15, -0.1) is 17.9 Å². The van der Waals surface area contributed by atoms with Gasteiger partial charge < -0.3 is 4.90 Å². The molecule has 1 amide bonds. The van der Waals surface area contributed by atoms with Crippen LogP contribution >= 0.6 is 35.3 Å². The van der Waals surface area contributed by atoms with E-state index in [0.29, 0.717) is 33.1 Å². The second-order valence-corrected chi connectivity index (χ2v) is 10.2. The fraction of sp³-hybridized carbons (Fsp3) is 0.292. The number of carbonyl (C=O) groups excluding carboxylic acids is 1. The van der Waals surface area contributed by atoms with E-state index in [-0.39, 0.29) is 11.5 Å². The van der Waals surface area contributed by atoms with E-state index in [1.807, 2.05) is 37.3 Å². The number of thioether (sulfide) groups is 1. The lowest BCUT2D eigenvalue weighted by Gasteiger charge is -2.19. The minimum Gasteiger partial charge on any atom is -0.338 e. The van der Waals surface area contributed by atoms with E-state index in [0.717, 1.165) is 23.0 Å². The van der Waals surface area contributed by atoms with Crippen molar-refractivity contribution in [3.8, 4) is 0 Å². The highest BCUT2D eigenvalue weighted by atomic mass is 32.2. The average molecular weight is 499 g/mol. The fourth-order valence-corrected chi connectivity index (χ4v) is 6.89. The van der Waals surface area contributed by atoms with Crippen LogP contribution in [0, 0.1) is 0 Å². The van der Waals surface area contributed by atoms with Gasteiger partial charge in [0.1, 0.15) is 19.9 Å². The van der Waals surface area contributed by atoms with Crippen LogP contribution in [0.2, 0.25) is 0 Å². The highest BCUT2D eigenvalue weighted by Gasteiger charge is 2.40.